The van der Waals surface area contributed by atoms with Crippen LogP contribution in [0, 0.1) is 12.8 Å². The Bertz CT molecular complexity index is 656. The maximum absolute atomic E-state index is 5.94. The predicted octanol–water partition coefficient (Wildman–Crippen LogP) is 2.80. The highest BCUT2D eigenvalue weighted by Crippen LogP contribution is 2.47. The molecule has 5 heteroatoms. The summed E-state index contributed by atoms with van der Waals surface area (Å²) in [6.45, 7) is 5.88. The summed E-state index contributed by atoms with van der Waals surface area (Å²) in [5, 5.41) is 7.99. The van der Waals surface area contributed by atoms with Crippen LogP contribution in [-0.2, 0) is 20.1 Å². The highest BCUT2D eigenvalue weighted by Gasteiger charge is 2.36. The number of nitrogens with zero attached hydrogens (tertiary/aromatic N) is 3. The molecule has 1 saturated carbocycles. The van der Waals surface area contributed by atoms with E-state index in [0.717, 1.165) is 42.0 Å². The summed E-state index contributed by atoms with van der Waals surface area (Å²) in [5.74, 6) is 4.75. The van der Waals surface area contributed by atoms with E-state index in [1.54, 1.807) is 0 Å². The number of nitrogens with one attached hydrogen (secondary N) is 1. The Hall–Kier alpha value is -1.75. The van der Waals surface area contributed by atoms with Crippen LogP contribution in [0.15, 0.2) is 16.5 Å². The molecule has 0 spiro atoms. The zero-order valence-corrected chi connectivity index (χ0v) is 14.2. The molecule has 3 rings (SSSR count). The monoisotopic (exact) mass is 302 g/mol. The molecule has 22 heavy (non-hydrogen) atoms. The molecule has 0 unspecified atom stereocenters. The predicted molar refractivity (Wildman–Crippen MR) is 88.0 cm³/mol. The normalized spacial score (nSPS) is 20.4. The van der Waals surface area contributed by atoms with Gasteiger partial charge in [0.25, 0.3) is 0 Å². The fourth-order valence-corrected chi connectivity index (χ4v) is 3.17. The molecule has 0 amide bonds. The van der Waals surface area contributed by atoms with Crippen LogP contribution >= 0.6 is 0 Å². The van der Waals surface area contributed by atoms with Gasteiger partial charge < -0.3 is 14.6 Å². The number of rotatable bonds is 6. The number of aromatic nitrogens is 2. The molecule has 0 radical (unpaired) electrons. The highest BCUT2D eigenvalue weighted by atomic mass is 16.3. The van der Waals surface area contributed by atoms with Crippen LogP contribution in [0.2, 0.25) is 0 Å². The van der Waals surface area contributed by atoms with Gasteiger partial charge in [-0.2, -0.15) is 5.10 Å². The third-order valence-electron chi connectivity index (χ3n) is 4.50. The van der Waals surface area contributed by atoms with Gasteiger partial charge in [-0.05, 0) is 31.4 Å². The van der Waals surface area contributed by atoms with Crippen LogP contribution in [0.25, 0.3) is 0 Å². The molecule has 0 saturated heterocycles. The van der Waals surface area contributed by atoms with E-state index in [0.29, 0.717) is 5.92 Å². The van der Waals surface area contributed by atoms with Crippen molar-refractivity contribution < 1.29 is 4.42 Å². The van der Waals surface area contributed by atoms with Gasteiger partial charge in [-0.25, -0.2) is 0 Å². The molecule has 0 bridgehead atoms. The lowest BCUT2D eigenvalue weighted by atomic mass is 10.2. The van der Waals surface area contributed by atoms with E-state index in [1.165, 1.54) is 12.0 Å². The Kier molecular flexibility index (Phi) is 4.00. The zero-order valence-electron chi connectivity index (χ0n) is 14.2. The number of anilines is 1. The van der Waals surface area contributed by atoms with E-state index in [4.69, 9.17) is 4.42 Å². The van der Waals surface area contributed by atoms with Gasteiger partial charge in [-0.1, -0.05) is 6.92 Å². The molecule has 2 aromatic heterocycles. The third-order valence-corrected chi connectivity index (χ3v) is 4.50. The Labute approximate surface area is 132 Å². The van der Waals surface area contributed by atoms with E-state index >= 15 is 0 Å². The van der Waals surface area contributed by atoms with Crippen LogP contribution in [0.1, 0.15) is 42.0 Å². The topological polar surface area (TPSA) is 46.2 Å². The second-order valence-corrected chi connectivity index (χ2v) is 6.63. The van der Waals surface area contributed by atoms with Crippen LogP contribution in [0.5, 0.6) is 0 Å². The lowest BCUT2D eigenvalue weighted by Gasteiger charge is -2.15. The summed E-state index contributed by atoms with van der Waals surface area (Å²) in [6, 6.07) is 4.22. The number of hydrogen-bond acceptors (Lipinski definition) is 4. The molecule has 2 heterocycles. The van der Waals surface area contributed by atoms with Crippen molar-refractivity contribution in [2.45, 2.75) is 39.3 Å². The SMILES string of the molecule is Cc1nn(C)c(N(C)C)c1CNCc1ccc([C@H]2C[C@H]2C)o1. The first-order valence-corrected chi connectivity index (χ1v) is 7.96. The molecular formula is C17H26N4O. The number of hydrogen-bond donors (Lipinski definition) is 1. The van der Waals surface area contributed by atoms with Crippen molar-refractivity contribution in [3.63, 3.8) is 0 Å². The lowest BCUT2D eigenvalue weighted by Crippen LogP contribution is -2.18. The molecule has 1 fully saturated rings. The average Bonchev–Trinajstić information content (AvgIpc) is 2.88. The summed E-state index contributed by atoms with van der Waals surface area (Å²) >= 11 is 0. The fourth-order valence-electron chi connectivity index (χ4n) is 3.17. The maximum atomic E-state index is 5.94. The number of furan rings is 1. The van der Waals surface area contributed by atoms with E-state index < -0.39 is 0 Å². The van der Waals surface area contributed by atoms with Gasteiger partial charge in [0, 0.05) is 39.2 Å². The summed E-state index contributed by atoms with van der Waals surface area (Å²) in [5.41, 5.74) is 2.32. The second-order valence-electron chi connectivity index (χ2n) is 6.63. The van der Waals surface area contributed by atoms with Crippen LogP contribution in [-0.4, -0.2) is 23.9 Å². The Morgan fingerprint density at radius 3 is 2.73 bits per heavy atom. The first-order valence-electron chi connectivity index (χ1n) is 7.96. The largest absolute Gasteiger partial charge is 0.464 e. The molecule has 5 nitrogen and oxygen atoms in total. The molecule has 1 N–H and O–H groups in total. The van der Waals surface area contributed by atoms with Crippen LogP contribution in [0.4, 0.5) is 5.82 Å². The summed E-state index contributed by atoms with van der Waals surface area (Å²) in [6.07, 6.45) is 1.27. The minimum absolute atomic E-state index is 0.648. The van der Waals surface area contributed by atoms with Gasteiger partial charge in [0.1, 0.15) is 17.3 Å². The van der Waals surface area contributed by atoms with Crippen molar-refractivity contribution in [2.24, 2.45) is 13.0 Å². The smallest absolute Gasteiger partial charge is 0.130 e. The van der Waals surface area contributed by atoms with Gasteiger partial charge in [-0.3, -0.25) is 4.68 Å². The highest BCUT2D eigenvalue weighted by molar-refractivity contribution is 5.48. The lowest BCUT2D eigenvalue weighted by molar-refractivity contribution is 0.444. The van der Waals surface area contributed by atoms with Gasteiger partial charge >= 0.3 is 0 Å². The summed E-state index contributed by atoms with van der Waals surface area (Å²) in [4.78, 5) is 2.11. The Balaban J connectivity index is 1.60. The summed E-state index contributed by atoms with van der Waals surface area (Å²) in [7, 11) is 6.09. The van der Waals surface area contributed by atoms with Crippen LogP contribution in [0.3, 0.4) is 0 Å². The standard InChI is InChI=1S/C17H26N4O/c1-11-8-14(11)16-7-6-13(22-16)9-18-10-15-12(2)19-21(5)17(15)20(3)4/h6-7,11,14,18H,8-10H2,1-5H3/t11-,14+/m1/s1. The summed E-state index contributed by atoms with van der Waals surface area (Å²) < 4.78 is 7.87. The minimum atomic E-state index is 0.648. The van der Waals surface area contributed by atoms with E-state index in [2.05, 4.69) is 55.4 Å². The molecule has 1 aliphatic rings. The first-order chi connectivity index (χ1) is 10.5. The molecule has 0 aromatic carbocycles. The average molecular weight is 302 g/mol. The van der Waals surface area contributed by atoms with Gasteiger partial charge in [-0.15, -0.1) is 0 Å². The Morgan fingerprint density at radius 2 is 2.09 bits per heavy atom. The molecule has 120 valence electrons. The zero-order chi connectivity index (χ0) is 15.9. The fraction of sp³-hybridized carbons (Fsp3) is 0.588. The molecule has 2 atom stereocenters. The van der Waals surface area contributed by atoms with Crippen molar-refractivity contribution in [3.8, 4) is 0 Å². The van der Waals surface area contributed by atoms with Crippen molar-refractivity contribution >= 4 is 5.82 Å². The number of aryl methyl sites for hydroxylation is 2. The van der Waals surface area contributed by atoms with Gasteiger partial charge in [0.05, 0.1) is 12.2 Å². The quantitative estimate of drug-likeness (QED) is 0.891. The van der Waals surface area contributed by atoms with Gasteiger partial charge in [0.2, 0.25) is 0 Å². The van der Waals surface area contributed by atoms with Crippen molar-refractivity contribution in [2.75, 3.05) is 19.0 Å². The molecule has 0 aliphatic heterocycles. The third kappa shape index (κ3) is 2.90. The molecule has 2 aromatic rings. The van der Waals surface area contributed by atoms with Gasteiger partial charge in [0.15, 0.2) is 0 Å². The Morgan fingerprint density at radius 1 is 1.36 bits per heavy atom. The van der Waals surface area contributed by atoms with E-state index in [-0.39, 0.29) is 0 Å². The van der Waals surface area contributed by atoms with Crippen LogP contribution < -0.4 is 10.2 Å². The maximum Gasteiger partial charge on any atom is 0.130 e. The second kappa shape index (κ2) is 5.80. The first kappa shape index (κ1) is 15.2. The van der Waals surface area contributed by atoms with Crippen molar-refractivity contribution in [1.29, 1.82) is 0 Å². The minimum Gasteiger partial charge on any atom is -0.464 e. The van der Waals surface area contributed by atoms with E-state index in [9.17, 15) is 0 Å². The van der Waals surface area contributed by atoms with E-state index in [1.807, 2.05) is 11.7 Å². The van der Waals surface area contributed by atoms with Crippen molar-refractivity contribution in [1.82, 2.24) is 15.1 Å². The van der Waals surface area contributed by atoms with Crippen molar-refractivity contribution in [3.05, 3.63) is 34.9 Å². The molecule has 1 aliphatic carbocycles. The molecular weight excluding hydrogens is 276 g/mol.